The molecule has 2 rings (SSSR count). The lowest BCUT2D eigenvalue weighted by Gasteiger charge is -2.25. The van der Waals surface area contributed by atoms with Gasteiger partial charge in [0.05, 0.1) is 27.0 Å². The Bertz CT molecular complexity index is 731. The summed E-state index contributed by atoms with van der Waals surface area (Å²) >= 11 is 0. The molecule has 0 aliphatic rings. The average Bonchev–Trinajstić information content (AvgIpc) is 3.19. The molecule has 1 heterocycles. The van der Waals surface area contributed by atoms with Gasteiger partial charge in [-0.15, -0.1) is 24.0 Å². The SMILES string of the molecule is CCNC(=NCC(C)(C)c1ccc(OC)c(OC)c1)NCCc1ccco1.I. The Kier molecular flexibility index (Phi) is 10.2. The fourth-order valence-electron chi connectivity index (χ4n) is 2.73. The molecular weight excluding hydrogens is 469 g/mol. The van der Waals surface area contributed by atoms with E-state index in [0.29, 0.717) is 6.54 Å². The van der Waals surface area contributed by atoms with Crippen molar-refractivity contribution < 1.29 is 13.9 Å². The number of nitrogens with zero attached hydrogens (tertiary/aromatic N) is 1. The largest absolute Gasteiger partial charge is 0.493 e. The van der Waals surface area contributed by atoms with E-state index in [1.54, 1.807) is 20.5 Å². The van der Waals surface area contributed by atoms with Crippen molar-refractivity contribution in [1.82, 2.24) is 10.6 Å². The van der Waals surface area contributed by atoms with Gasteiger partial charge in [0, 0.05) is 24.9 Å². The van der Waals surface area contributed by atoms with Gasteiger partial charge in [-0.1, -0.05) is 19.9 Å². The maximum Gasteiger partial charge on any atom is 0.191 e. The molecular formula is C21H32IN3O3. The number of guanidine groups is 1. The second kappa shape index (κ2) is 11.8. The number of hydrogen-bond acceptors (Lipinski definition) is 4. The zero-order valence-corrected chi connectivity index (χ0v) is 19.7. The zero-order chi connectivity index (χ0) is 19.7. The van der Waals surface area contributed by atoms with Crippen molar-refractivity contribution in [3.05, 3.63) is 47.9 Å². The van der Waals surface area contributed by atoms with Crippen molar-refractivity contribution >= 4 is 29.9 Å². The first-order valence-electron chi connectivity index (χ1n) is 9.27. The molecule has 2 N–H and O–H groups in total. The summed E-state index contributed by atoms with van der Waals surface area (Å²) in [5.74, 6) is 3.23. The van der Waals surface area contributed by atoms with Gasteiger partial charge in [0.1, 0.15) is 5.76 Å². The third kappa shape index (κ3) is 6.92. The summed E-state index contributed by atoms with van der Waals surface area (Å²) in [6, 6.07) is 9.90. The van der Waals surface area contributed by atoms with Crippen LogP contribution in [0.5, 0.6) is 11.5 Å². The Balaban J connectivity index is 0.00000392. The molecule has 2 aromatic rings. The molecule has 156 valence electrons. The normalized spacial score (nSPS) is 11.5. The molecule has 0 spiro atoms. The Morgan fingerprint density at radius 3 is 2.46 bits per heavy atom. The smallest absolute Gasteiger partial charge is 0.191 e. The third-order valence-electron chi connectivity index (χ3n) is 4.39. The van der Waals surface area contributed by atoms with Crippen molar-refractivity contribution in [2.75, 3.05) is 33.9 Å². The van der Waals surface area contributed by atoms with Crippen LogP contribution in [0.2, 0.25) is 0 Å². The summed E-state index contributed by atoms with van der Waals surface area (Å²) in [6.07, 6.45) is 2.51. The molecule has 0 fully saturated rings. The predicted octanol–water partition coefficient (Wildman–Crippen LogP) is 3.99. The Hall–Kier alpha value is -1.90. The lowest BCUT2D eigenvalue weighted by molar-refractivity contribution is 0.353. The molecule has 0 bridgehead atoms. The highest BCUT2D eigenvalue weighted by Gasteiger charge is 2.22. The van der Waals surface area contributed by atoms with Gasteiger partial charge in [0.15, 0.2) is 17.5 Å². The molecule has 0 unspecified atom stereocenters. The van der Waals surface area contributed by atoms with Gasteiger partial charge in [-0.2, -0.15) is 0 Å². The van der Waals surface area contributed by atoms with E-state index >= 15 is 0 Å². The number of benzene rings is 1. The van der Waals surface area contributed by atoms with Crippen LogP contribution >= 0.6 is 24.0 Å². The molecule has 28 heavy (non-hydrogen) atoms. The second-order valence-corrected chi connectivity index (χ2v) is 6.90. The van der Waals surface area contributed by atoms with Crippen LogP contribution in [0.4, 0.5) is 0 Å². The topological polar surface area (TPSA) is 68.0 Å². The van der Waals surface area contributed by atoms with Crippen LogP contribution in [0.25, 0.3) is 0 Å². The minimum absolute atomic E-state index is 0. The van der Waals surface area contributed by atoms with E-state index in [0.717, 1.165) is 48.3 Å². The predicted molar refractivity (Wildman–Crippen MR) is 124 cm³/mol. The molecule has 0 atom stereocenters. The first-order valence-corrected chi connectivity index (χ1v) is 9.27. The standard InChI is InChI=1S/C21H31N3O3.HI/c1-6-22-20(23-12-11-17-8-7-13-27-17)24-15-21(2,3)16-9-10-18(25-4)19(14-16)26-5;/h7-10,13-14H,6,11-12,15H2,1-5H3,(H2,22,23,24);1H. The lowest BCUT2D eigenvalue weighted by atomic mass is 9.84. The monoisotopic (exact) mass is 501 g/mol. The van der Waals surface area contributed by atoms with Gasteiger partial charge in [-0.3, -0.25) is 4.99 Å². The molecule has 0 radical (unpaired) electrons. The highest BCUT2D eigenvalue weighted by molar-refractivity contribution is 14.0. The van der Waals surface area contributed by atoms with Gasteiger partial charge in [0.2, 0.25) is 0 Å². The van der Waals surface area contributed by atoms with Crippen LogP contribution in [0.3, 0.4) is 0 Å². The van der Waals surface area contributed by atoms with E-state index in [2.05, 4.69) is 37.5 Å². The maximum absolute atomic E-state index is 5.43. The van der Waals surface area contributed by atoms with Crippen molar-refractivity contribution in [2.24, 2.45) is 4.99 Å². The van der Waals surface area contributed by atoms with Gasteiger partial charge in [-0.25, -0.2) is 0 Å². The fraction of sp³-hybridized carbons (Fsp3) is 0.476. The molecule has 0 aliphatic heterocycles. The number of hydrogen-bond donors (Lipinski definition) is 2. The van der Waals surface area contributed by atoms with E-state index in [1.165, 1.54) is 0 Å². The third-order valence-corrected chi connectivity index (χ3v) is 4.39. The summed E-state index contributed by atoms with van der Waals surface area (Å²) in [6.45, 7) is 8.61. The molecule has 1 aromatic heterocycles. The van der Waals surface area contributed by atoms with Crippen LogP contribution < -0.4 is 20.1 Å². The molecule has 6 nitrogen and oxygen atoms in total. The molecule has 1 aromatic carbocycles. The number of nitrogens with one attached hydrogen (secondary N) is 2. The highest BCUT2D eigenvalue weighted by Crippen LogP contribution is 2.33. The second-order valence-electron chi connectivity index (χ2n) is 6.90. The Labute approximate surface area is 185 Å². The summed E-state index contributed by atoms with van der Waals surface area (Å²) in [5.41, 5.74) is 0.999. The van der Waals surface area contributed by atoms with Crippen molar-refractivity contribution in [1.29, 1.82) is 0 Å². The van der Waals surface area contributed by atoms with Crippen molar-refractivity contribution in [3.63, 3.8) is 0 Å². The molecule has 0 aliphatic carbocycles. The first kappa shape index (κ1) is 24.1. The first-order chi connectivity index (χ1) is 13.0. The van der Waals surface area contributed by atoms with E-state index in [-0.39, 0.29) is 29.4 Å². The lowest BCUT2D eigenvalue weighted by Crippen LogP contribution is -2.39. The van der Waals surface area contributed by atoms with E-state index in [9.17, 15) is 0 Å². The molecule has 7 heteroatoms. The van der Waals surface area contributed by atoms with Crippen LogP contribution in [-0.2, 0) is 11.8 Å². The zero-order valence-electron chi connectivity index (χ0n) is 17.4. The quantitative estimate of drug-likeness (QED) is 0.309. The number of rotatable bonds is 9. The highest BCUT2D eigenvalue weighted by atomic mass is 127. The van der Waals surface area contributed by atoms with Crippen LogP contribution in [-0.4, -0.2) is 39.8 Å². The number of halogens is 1. The average molecular weight is 501 g/mol. The number of furan rings is 1. The van der Waals surface area contributed by atoms with Gasteiger partial charge in [-0.05, 0) is 36.8 Å². The maximum atomic E-state index is 5.43. The van der Waals surface area contributed by atoms with Gasteiger partial charge >= 0.3 is 0 Å². The summed E-state index contributed by atoms with van der Waals surface area (Å²) in [7, 11) is 3.29. The Morgan fingerprint density at radius 2 is 1.86 bits per heavy atom. The van der Waals surface area contributed by atoms with Gasteiger partial charge < -0.3 is 24.5 Å². The molecule has 0 saturated heterocycles. The van der Waals surface area contributed by atoms with E-state index in [4.69, 9.17) is 18.9 Å². The number of aliphatic imine (C=N–C) groups is 1. The van der Waals surface area contributed by atoms with Crippen molar-refractivity contribution in [2.45, 2.75) is 32.6 Å². The minimum atomic E-state index is -0.150. The molecule has 0 amide bonds. The number of ether oxygens (including phenoxy) is 2. The van der Waals surface area contributed by atoms with Crippen LogP contribution in [0, 0.1) is 0 Å². The van der Waals surface area contributed by atoms with Crippen molar-refractivity contribution in [3.8, 4) is 11.5 Å². The van der Waals surface area contributed by atoms with E-state index in [1.807, 2.05) is 24.3 Å². The summed E-state index contributed by atoms with van der Waals surface area (Å²) in [4.78, 5) is 4.77. The minimum Gasteiger partial charge on any atom is -0.493 e. The summed E-state index contributed by atoms with van der Waals surface area (Å²) in [5, 5.41) is 6.65. The summed E-state index contributed by atoms with van der Waals surface area (Å²) < 4.78 is 16.1. The van der Waals surface area contributed by atoms with Crippen LogP contribution in [0.15, 0.2) is 46.0 Å². The number of methoxy groups -OCH3 is 2. The molecule has 0 saturated carbocycles. The van der Waals surface area contributed by atoms with Crippen LogP contribution in [0.1, 0.15) is 32.1 Å². The van der Waals surface area contributed by atoms with E-state index < -0.39 is 0 Å². The van der Waals surface area contributed by atoms with Gasteiger partial charge in [0.25, 0.3) is 0 Å². The fourth-order valence-corrected chi connectivity index (χ4v) is 2.73. The Morgan fingerprint density at radius 1 is 1.11 bits per heavy atom.